The molecule has 100 valence electrons. The van der Waals surface area contributed by atoms with Gasteiger partial charge in [0, 0.05) is 19.6 Å². The van der Waals surface area contributed by atoms with Crippen molar-refractivity contribution in [2.24, 2.45) is 0 Å². The molecule has 1 aliphatic rings. The maximum Gasteiger partial charge on any atom is 0.311 e. The van der Waals surface area contributed by atoms with Crippen LogP contribution in [0.15, 0.2) is 24.3 Å². The molecule has 0 fully saturated rings. The van der Waals surface area contributed by atoms with Crippen LogP contribution >= 0.6 is 12.1 Å². The van der Waals surface area contributed by atoms with Gasteiger partial charge in [0.2, 0.25) is 0 Å². The first-order valence-electron chi connectivity index (χ1n) is 5.72. The molecular weight excluding hydrogens is 270 g/mol. The fourth-order valence-corrected chi connectivity index (χ4v) is 3.97. The SMILES string of the molecule is CNS(=O)(=O)N1SN(C(C)C)Cc2ccccc21. The number of benzene rings is 1. The van der Waals surface area contributed by atoms with Crippen LogP contribution < -0.4 is 8.43 Å². The highest BCUT2D eigenvalue weighted by Gasteiger charge is 2.32. The second-order valence-corrected chi connectivity index (χ2v) is 7.27. The van der Waals surface area contributed by atoms with E-state index in [2.05, 4.69) is 4.72 Å². The van der Waals surface area contributed by atoms with E-state index in [9.17, 15) is 8.42 Å². The second-order valence-electron chi connectivity index (χ2n) is 4.32. The smallest absolute Gasteiger partial charge is 0.224 e. The average molecular weight is 287 g/mol. The summed E-state index contributed by atoms with van der Waals surface area (Å²) in [6, 6.07) is 7.83. The van der Waals surface area contributed by atoms with E-state index in [1.165, 1.54) is 22.9 Å². The lowest BCUT2D eigenvalue weighted by Crippen LogP contribution is -2.42. The molecule has 0 aromatic heterocycles. The van der Waals surface area contributed by atoms with Crippen molar-refractivity contribution >= 4 is 28.0 Å². The Hall–Kier alpha value is -0.760. The predicted octanol–water partition coefficient (Wildman–Crippen LogP) is 1.74. The van der Waals surface area contributed by atoms with Crippen LogP contribution in [0.5, 0.6) is 0 Å². The summed E-state index contributed by atoms with van der Waals surface area (Å²) in [5.74, 6) is 0. The molecule has 0 radical (unpaired) electrons. The van der Waals surface area contributed by atoms with Crippen LogP contribution in [0.1, 0.15) is 19.4 Å². The van der Waals surface area contributed by atoms with Crippen LogP contribution in [-0.2, 0) is 16.8 Å². The molecule has 0 spiro atoms. The fourth-order valence-electron chi connectivity index (χ4n) is 1.69. The molecule has 5 nitrogen and oxygen atoms in total. The first kappa shape index (κ1) is 13.7. The molecule has 1 aliphatic heterocycles. The highest BCUT2D eigenvalue weighted by atomic mass is 32.3. The van der Waals surface area contributed by atoms with Crippen LogP contribution in [0.2, 0.25) is 0 Å². The van der Waals surface area contributed by atoms with Crippen molar-refractivity contribution in [2.45, 2.75) is 26.4 Å². The van der Waals surface area contributed by atoms with Gasteiger partial charge < -0.3 is 0 Å². The second kappa shape index (κ2) is 5.08. The van der Waals surface area contributed by atoms with E-state index in [0.717, 1.165) is 17.8 Å². The summed E-state index contributed by atoms with van der Waals surface area (Å²) in [6.45, 7) is 4.84. The molecule has 0 bridgehead atoms. The Kier molecular flexibility index (Phi) is 3.86. The molecule has 1 heterocycles. The van der Waals surface area contributed by atoms with Crippen molar-refractivity contribution in [1.82, 2.24) is 9.03 Å². The first-order chi connectivity index (χ1) is 8.45. The van der Waals surface area contributed by atoms with Gasteiger partial charge in [-0.2, -0.15) is 16.9 Å². The minimum atomic E-state index is -3.50. The number of hydrogen-bond donors (Lipinski definition) is 1. The zero-order chi connectivity index (χ0) is 13.3. The molecule has 0 saturated heterocycles. The number of fused-ring (bicyclic) bond motifs is 1. The quantitative estimate of drug-likeness (QED) is 0.861. The zero-order valence-corrected chi connectivity index (χ0v) is 12.3. The third kappa shape index (κ3) is 2.49. The maximum atomic E-state index is 12.1. The van der Waals surface area contributed by atoms with Gasteiger partial charge in [0.05, 0.1) is 17.8 Å². The van der Waals surface area contributed by atoms with Crippen LogP contribution in [-0.4, -0.2) is 25.8 Å². The van der Waals surface area contributed by atoms with E-state index in [1.807, 2.05) is 42.4 Å². The van der Waals surface area contributed by atoms with Crippen molar-refractivity contribution in [3.8, 4) is 0 Å². The average Bonchev–Trinajstić information content (AvgIpc) is 2.37. The van der Waals surface area contributed by atoms with Gasteiger partial charge in [0.25, 0.3) is 0 Å². The van der Waals surface area contributed by atoms with Crippen LogP contribution in [0.4, 0.5) is 5.69 Å². The molecule has 0 atom stereocenters. The normalized spacial score (nSPS) is 17.0. The molecule has 0 amide bonds. The van der Waals surface area contributed by atoms with Gasteiger partial charge in [0.15, 0.2) is 0 Å². The standard InChI is InChI=1S/C11H17N3O2S2/c1-9(2)13-8-10-6-4-5-7-11(10)14(17-13)18(15,16)12-3/h4-7,9,12H,8H2,1-3H3. The number of anilines is 1. The van der Waals surface area contributed by atoms with Gasteiger partial charge in [-0.05, 0) is 25.5 Å². The maximum absolute atomic E-state index is 12.1. The first-order valence-corrected chi connectivity index (χ1v) is 7.89. The number of rotatable bonds is 3. The lowest BCUT2D eigenvalue weighted by atomic mass is 10.2. The summed E-state index contributed by atoms with van der Waals surface area (Å²) >= 11 is 1.23. The summed E-state index contributed by atoms with van der Waals surface area (Å²) in [6.07, 6.45) is 0. The Morgan fingerprint density at radius 2 is 2.00 bits per heavy atom. The van der Waals surface area contributed by atoms with E-state index < -0.39 is 10.2 Å². The Morgan fingerprint density at radius 1 is 1.33 bits per heavy atom. The molecular formula is C11H17N3O2S2. The molecule has 0 aliphatic carbocycles. The number of nitrogens with zero attached hydrogens (tertiary/aromatic N) is 2. The number of para-hydroxylation sites is 1. The summed E-state index contributed by atoms with van der Waals surface area (Å²) in [4.78, 5) is 0. The lowest BCUT2D eigenvalue weighted by molar-refractivity contribution is 0.387. The number of hydrogen-bond acceptors (Lipinski definition) is 4. The van der Waals surface area contributed by atoms with Crippen LogP contribution in [0, 0.1) is 0 Å². The van der Waals surface area contributed by atoms with Crippen LogP contribution in [0.25, 0.3) is 0 Å². The Morgan fingerprint density at radius 3 is 2.61 bits per heavy atom. The van der Waals surface area contributed by atoms with Crippen molar-refractivity contribution < 1.29 is 8.42 Å². The van der Waals surface area contributed by atoms with Gasteiger partial charge in [-0.15, -0.1) is 0 Å². The van der Waals surface area contributed by atoms with E-state index in [0.29, 0.717) is 0 Å². The lowest BCUT2D eigenvalue weighted by Gasteiger charge is -2.37. The van der Waals surface area contributed by atoms with Gasteiger partial charge >= 0.3 is 10.2 Å². The van der Waals surface area contributed by atoms with Crippen molar-refractivity contribution in [3.63, 3.8) is 0 Å². The Bertz CT molecular complexity index is 531. The Labute approximate surface area is 113 Å². The molecule has 18 heavy (non-hydrogen) atoms. The zero-order valence-electron chi connectivity index (χ0n) is 10.6. The van der Waals surface area contributed by atoms with Gasteiger partial charge in [-0.1, -0.05) is 18.2 Å². The van der Waals surface area contributed by atoms with Gasteiger partial charge in [0.1, 0.15) is 0 Å². The van der Waals surface area contributed by atoms with Crippen molar-refractivity contribution in [2.75, 3.05) is 10.8 Å². The molecule has 0 saturated carbocycles. The molecule has 1 N–H and O–H groups in total. The summed E-state index contributed by atoms with van der Waals surface area (Å²) in [5.41, 5.74) is 1.75. The van der Waals surface area contributed by atoms with Gasteiger partial charge in [-0.25, -0.2) is 4.31 Å². The van der Waals surface area contributed by atoms with Crippen molar-refractivity contribution in [3.05, 3.63) is 29.8 Å². The van der Waals surface area contributed by atoms with E-state index >= 15 is 0 Å². The molecule has 2 rings (SSSR count). The molecule has 7 heteroatoms. The highest BCUT2D eigenvalue weighted by Crippen LogP contribution is 2.38. The van der Waals surface area contributed by atoms with Gasteiger partial charge in [-0.3, -0.25) is 0 Å². The molecule has 1 aromatic rings. The minimum absolute atomic E-state index is 0.262. The molecule has 1 aromatic carbocycles. The monoisotopic (exact) mass is 287 g/mol. The third-order valence-electron chi connectivity index (χ3n) is 2.75. The summed E-state index contributed by atoms with van der Waals surface area (Å²) in [5, 5.41) is 0. The number of nitrogens with one attached hydrogen (secondary N) is 1. The summed E-state index contributed by atoms with van der Waals surface area (Å²) < 4.78 is 29.8. The van der Waals surface area contributed by atoms with E-state index in [1.54, 1.807) is 0 Å². The highest BCUT2D eigenvalue weighted by molar-refractivity contribution is 8.12. The van der Waals surface area contributed by atoms with Crippen LogP contribution in [0.3, 0.4) is 0 Å². The minimum Gasteiger partial charge on any atom is -0.224 e. The molecule has 0 unspecified atom stereocenters. The predicted molar refractivity (Wildman–Crippen MR) is 75.2 cm³/mol. The van der Waals surface area contributed by atoms with Crippen molar-refractivity contribution in [1.29, 1.82) is 0 Å². The largest absolute Gasteiger partial charge is 0.311 e. The fraction of sp³-hybridized carbons (Fsp3) is 0.455. The third-order valence-corrected chi connectivity index (χ3v) is 5.79. The Balaban J connectivity index is 2.46. The van der Waals surface area contributed by atoms with E-state index in [-0.39, 0.29) is 6.04 Å². The topological polar surface area (TPSA) is 52.7 Å². The summed E-state index contributed by atoms with van der Waals surface area (Å²) in [7, 11) is -2.07. The van der Waals surface area contributed by atoms with E-state index in [4.69, 9.17) is 0 Å².